The number of benzene rings is 1. The van der Waals surface area contributed by atoms with Gasteiger partial charge in [-0.2, -0.15) is 0 Å². The normalized spacial score (nSPS) is 21.2. The van der Waals surface area contributed by atoms with Crippen LogP contribution in [0.5, 0.6) is 5.75 Å². The number of aliphatic hydroxyl groups excluding tert-OH is 1. The molecule has 1 saturated carbocycles. The second kappa shape index (κ2) is 13.5. The molecule has 1 aromatic carbocycles. The highest BCUT2D eigenvalue weighted by Crippen LogP contribution is 2.30. The maximum absolute atomic E-state index is 13.5. The van der Waals surface area contributed by atoms with Crippen molar-refractivity contribution < 1.29 is 24.0 Å². The maximum atomic E-state index is 13.5. The third kappa shape index (κ3) is 7.54. The Morgan fingerprint density at radius 1 is 1.20 bits per heavy atom. The van der Waals surface area contributed by atoms with Crippen LogP contribution in [0.4, 0.5) is 16.2 Å². The van der Waals surface area contributed by atoms with E-state index in [2.05, 4.69) is 34.7 Å². The molecule has 2 aliphatic rings. The molecule has 0 spiro atoms. The minimum absolute atomic E-state index is 0.0522. The second-order valence-corrected chi connectivity index (χ2v) is 11.7. The SMILES string of the molecule is Cc1noc(C)c1NC(=O)Nc1ccc2c(c1)CC(=O)N([C@H](C)CO)C[C@H](C)[C@@H](CN(C)CC1CCCCC1)O2. The van der Waals surface area contributed by atoms with E-state index < -0.39 is 6.03 Å². The molecule has 1 aliphatic heterocycles. The molecule has 2 aromatic rings. The summed E-state index contributed by atoms with van der Waals surface area (Å²) in [5.74, 6) is 1.86. The van der Waals surface area contributed by atoms with Gasteiger partial charge < -0.3 is 34.8 Å². The van der Waals surface area contributed by atoms with Gasteiger partial charge in [0, 0.05) is 36.8 Å². The highest BCUT2D eigenvalue weighted by molar-refractivity contribution is 6.00. The predicted octanol–water partition coefficient (Wildman–Crippen LogP) is 4.60. The Kier molecular flexibility index (Phi) is 10.1. The zero-order chi connectivity index (χ0) is 28.8. The van der Waals surface area contributed by atoms with Crippen LogP contribution in [0.1, 0.15) is 63.0 Å². The number of carbonyl (C=O) groups excluding carboxylic acids is 2. The van der Waals surface area contributed by atoms with E-state index in [0.29, 0.717) is 40.7 Å². The lowest BCUT2D eigenvalue weighted by Gasteiger charge is -2.35. The third-order valence-corrected chi connectivity index (χ3v) is 8.23. The quantitative estimate of drug-likeness (QED) is 0.436. The number of carbonyl (C=O) groups is 2. The van der Waals surface area contributed by atoms with Gasteiger partial charge in [-0.25, -0.2) is 4.79 Å². The number of aliphatic hydroxyl groups is 1. The minimum Gasteiger partial charge on any atom is -0.488 e. The van der Waals surface area contributed by atoms with Crippen LogP contribution in [0.15, 0.2) is 22.7 Å². The highest BCUT2D eigenvalue weighted by atomic mass is 16.5. The summed E-state index contributed by atoms with van der Waals surface area (Å²) in [6, 6.07) is 4.67. The zero-order valence-corrected chi connectivity index (χ0v) is 24.5. The average molecular weight is 556 g/mol. The van der Waals surface area contributed by atoms with E-state index in [1.807, 2.05) is 13.0 Å². The standard InChI is InChI=1S/C30H45N5O5/c1-19-15-35(20(2)18-36)28(37)14-24-13-25(31-30(38)32-29-21(3)33-40-22(29)4)11-12-26(24)39-27(19)17-34(5)16-23-9-7-6-8-10-23/h11-13,19-20,23,27,36H,6-10,14-18H2,1-5H3,(H2,31,32,38)/t19-,20+,27+/m0/s1. The highest BCUT2D eigenvalue weighted by Gasteiger charge is 2.31. The van der Waals surface area contributed by atoms with Gasteiger partial charge in [0.1, 0.15) is 23.2 Å². The van der Waals surface area contributed by atoms with Gasteiger partial charge in [0.2, 0.25) is 5.91 Å². The molecule has 3 amide bonds. The van der Waals surface area contributed by atoms with Crippen LogP contribution >= 0.6 is 0 Å². The van der Waals surface area contributed by atoms with Crippen LogP contribution in [0.25, 0.3) is 0 Å². The Balaban J connectivity index is 1.54. The molecule has 1 aliphatic carbocycles. The van der Waals surface area contributed by atoms with Crippen molar-refractivity contribution >= 4 is 23.3 Å². The van der Waals surface area contributed by atoms with Gasteiger partial charge in [0.15, 0.2) is 5.76 Å². The van der Waals surface area contributed by atoms with E-state index in [9.17, 15) is 14.7 Å². The molecule has 0 bridgehead atoms. The lowest BCUT2D eigenvalue weighted by Crippen LogP contribution is -2.48. The molecule has 220 valence electrons. The van der Waals surface area contributed by atoms with E-state index in [0.717, 1.165) is 19.0 Å². The summed E-state index contributed by atoms with van der Waals surface area (Å²) in [7, 11) is 2.15. The van der Waals surface area contributed by atoms with Gasteiger partial charge in [0.05, 0.1) is 19.1 Å². The number of hydrogen-bond acceptors (Lipinski definition) is 7. The van der Waals surface area contributed by atoms with Crippen molar-refractivity contribution in [3.63, 3.8) is 0 Å². The molecule has 10 nitrogen and oxygen atoms in total. The lowest BCUT2D eigenvalue weighted by atomic mass is 9.89. The predicted molar refractivity (Wildman–Crippen MR) is 155 cm³/mol. The molecule has 2 heterocycles. The molecule has 1 fully saturated rings. The average Bonchev–Trinajstić information content (AvgIpc) is 3.25. The third-order valence-electron chi connectivity index (χ3n) is 8.23. The fourth-order valence-corrected chi connectivity index (χ4v) is 5.85. The maximum Gasteiger partial charge on any atom is 0.323 e. The van der Waals surface area contributed by atoms with Crippen molar-refractivity contribution in [3.05, 3.63) is 35.2 Å². The molecule has 4 rings (SSSR count). The Hall–Kier alpha value is -3.11. The van der Waals surface area contributed by atoms with Crippen LogP contribution < -0.4 is 15.4 Å². The van der Waals surface area contributed by atoms with Crippen molar-refractivity contribution in [1.82, 2.24) is 15.0 Å². The van der Waals surface area contributed by atoms with Gasteiger partial charge in [-0.05, 0) is 64.8 Å². The van der Waals surface area contributed by atoms with Gasteiger partial charge in [0.25, 0.3) is 0 Å². The monoisotopic (exact) mass is 555 g/mol. The van der Waals surface area contributed by atoms with Crippen LogP contribution in [0, 0.1) is 25.7 Å². The summed E-state index contributed by atoms with van der Waals surface area (Å²) < 4.78 is 11.8. The first-order chi connectivity index (χ1) is 19.1. The molecule has 0 unspecified atom stereocenters. The van der Waals surface area contributed by atoms with Crippen LogP contribution in [0.2, 0.25) is 0 Å². The van der Waals surface area contributed by atoms with Crippen LogP contribution in [-0.2, 0) is 11.2 Å². The smallest absolute Gasteiger partial charge is 0.323 e. The first kappa shape index (κ1) is 29.9. The second-order valence-electron chi connectivity index (χ2n) is 11.7. The van der Waals surface area contributed by atoms with E-state index in [-0.39, 0.29) is 37.0 Å². The molecule has 40 heavy (non-hydrogen) atoms. The number of rotatable bonds is 8. The van der Waals surface area contributed by atoms with Crippen molar-refractivity contribution in [2.45, 2.75) is 78.4 Å². The summed E-state index contributed by atoms with van der Waals surface area (Å²) >= 11 is 0. The van der Waals surface area contributed by atoms with Crippen molar-refractivity contribution in [2.24, 2.45) is 11.8 Å². The van der Waals surface area contributed by atoms with Gasteiger partial charge >= 0.3 is 6.03 Å². The Morgan fingerprint density at radius 2 is 1.95 bits per heavy atom. The first-order valence-electron chi connectivity index (χ1n) is 14.5. The fourth-order valence-electron chi connectivity index (χ4n) is 5.85. The number of aryl methyl sites for hydroxylation is 2. The number of likely N-dealkylation sites (N-methyl/N-ethyl adjacent to an activating group) is 1. The molecule has 0 saturated heterocycles. The largest absolute Gasteiger partial charge is 0.488 e. The van der Waals surface area contributed by atoms with E-state index in [1.54, 1.807) is 30.9 Å². The summed E-state index contributed by atoms with van der Waals surface area (Å²) in [6.07, 6.45) is 6.49. The number of nitrogens with one attached hydrogen (secondary N) is 2. The van der Waals surface area contributed by atoms with E-state index >= 15 is 0 Å². The molecule has 3 N–H and O–H groups in total. The molecule has 0 radical (unpaired) electrons. The molecule has 1 aromatic heterocycles. The number of nitrogens with zero attached hydrogens (tertiary/aromatic N) is 3. The summed E-state index contributed by atoms with van der Waals surface area (Å²) in [6.45, 7) is 9.64. The van der Waals surface area contributed by atoms with Crippen molar-refractivity contribution in [2.75, 3.05) is 43.9 Å². The molecule has 3 atom stereocenters. The summed E-state index contributed by atoms with van der Waals surface area (Å²) in [5.41, 5.74) is 2.36. The number of anilines is 2. The number of amides is 3. The number of ether oxygens (including phenoxy) is 1. The summed E-state index contributed by atoms with van der Waals surface area (Å²) in [4.78, 5) is 30.3. The van der Waals surface area contributed by atoms with Crippen LogP contribution in [-0.4, -0.2) is 77.4 Å². The fraction of sp³-hybridized carbons (Fsp3) is 0.633. The Morgan fingerprint density at radius 3 is 2.62 bits per heavy atom. The zero-order valence-electron chi connectivity index (χ0n) is 24.5. The van der Waals surface area contributed by atoms with E-state index in [1.165, 1.54) is 32.1 Å². The first-order valence-corrected chi connectivity index (χ1v) is 14.5. The molecular formula is C30H45N5O5. The van der Waals surface area contributed by atoms with Gasteiger partial charge in [-0.1, -0.05) is 31.3 Å². The molecule has 10 heteroatoms. The van der Waals surface area contributed by atoms with Gasteiger partial charge in [-0.3, -0.25) is 4.79 Å². The van der Waals surface area contributed by atoms with Crippen LogP contribution in [0.3, 0.4) is 0 Å². The minimum atomic E-state index is -0.434. The topological polar surface area (TPSA) is 120 Å². The lowest BCUT2D eigenvalue weighted by molar-refractivity contribution is -0.134. The van der Waals surface area contributed by atoms with E-state index in [4.69, 9.17) is 9.26 Å². The molecular weight excluding hydrogens is 510 g/mol. The Bertz CT molecular complexity index is 1140. The van der Waals surface area contributed by atoms with Crippen molar-refractivity contribution in [1.29, 1.82) is 0 Å². The number of hydrogen-bond donors (Lipinski definition) is 3. The number of urea groups is 1. The Labute approximate surface area is 237 Å². The number of fused-ring (bicyclic) bond motifs is 1. The number of aromatic nitrogens is 1. The van der Waals surface area contributed by atoms with Gasteiger partial charge in [-0.15, -0.1) is 0 Å². The summed E-state index contributed by atoms with van der Waals surface area (Å²) in [5, 5.41) is 19.4. The van der Waals surface area contributed by atoms with Crippen molar-refractivity contribution in [3.8, 4) is 5.75 Å².